The predicted molar refractivity (Wildman–Crippen MR) is 110 cm³/mol. The van der Waals surface area contributed by atoms with Gasteiger partial charge in [0.15, 0.2) is 0 Å². The Morgan fingerprint density at radius 2 is 1.93 bits per heavy atom. The van der Waals surface area contributed by atoms with Crippen LogP contribution in [0.15, 0.2) is 53.9 Å². The van der Waals surface area contributed by atoms with Gasteiger partial charge in [0.05, 0.1) is 10.6 Å². The Morgan fingerprint density at radius 3 is 2.67 bits per heavy atom. The van der Waals surface area contributed by atoms with E-state index >= 15 is 0 Å². The predicted octanol–water partition coefficient (Wildman–Crippen LogP) is 3.82. The van der Waals surface area contributed by atoms with Gasteiger partial charge in [0.1, 0.15) is 11.4 Å². The molecule has 1 N–H and O–H groups in total. The summed E-state index contributed by atoms with van der Waals surface area (Å²) in [6.45, 7) is 4.13. The third kappa shape index (κ3) is 4.28. The maximum Gasteiger partial charge on any atom is 0.270 e. The molecule has 5 nitrogen and oxygen atoms in total. The van der Waals surface area contributed by atoms with E-state index < -0.39 is 0 Å². The molecule has 1 fully saturated rings. The molecule has 3 heterocycles. The summed E-state index contributed by atoms with van der Waals surface area (Å²) >= 11 is 1.63. The van der Waals surface area contributed by atoms with Crippen molar-refractivity contribution in [3.63, 3.8) is 0 Å². The third-order valence-electron chi connectivity index (χ3n) is 4.85. The van der Waals surface area contributed by atoms with Crippen LogP contribution in [0.1, 0.15) is 29.8 Å². The van der Waals surface area contributed by atoms with Gasteiger partial charge >= 0.3 is 0 Å². The Morgan fingerprint density at radius 1 is 1.11 bits per heavy atom. The number of carbonyl (C=O) groups excluding carboxylic acids is 1. The molecule has 1 saturated heterocycles. The Balaban J connectivity index is 1.48. The minimum Gasteiger partial charge on any atom is -0.351 e. The van der Waals surface area contributed by atoms with Crippen LogP contribution in [0.3, 0.4) is 0 Å². The largest absolute Gasteiger partial charge is 0.351 e. The second-order valence-electron chi connectivity index (χ2n) is 6.80. The molecular formula is C21H24N4OS. The smallest absolute Gasteiger partial charge is 0.270 e. The fraction of sp³-hybridized carbons (Fsp3) is 0.333. The summed E-state index contributed by atoms with van der Waals surface area (Å²) < 4.78 is 1.74. The minimum absolute atomic E-state index is 0.0735. The summed E-state index contributed by atoms with van der Waals surface area (Å²) in [4.78, 5) is 16.4. The maximum atomic E-state index is 12.8. The van der Waals surface area contributed by atoms with Crippen LogP contribution in [0, 0.1) is 0 Å². The van der Waals surface area contributed by atoms with Crippen molar-refractivity contribution in [2.75, 3.05) is 26.2 Å². The van der Waals surface area contributed by atoms with Crippen molar-refractivity contribution in [3.8, 4) is 16.3 Å². The zero-order valence-corrected chi connectivity index (χ0v) is 16.1. The van der Waals surface area contributed by atoms with Crippen LogP contribution in [0.4, 0.5) is 0 Å². The molecule has 1 aliphatic heterocycles. The Kier molecular flexibility index (Phi) is 5.65. The molecule has 1 aromatic carbocycles. The van der Waals surface area contributed by atoms with Crippen molar-refractivity contribution in [3.05, 3.63) is 59.6 Å². The lowest BCUT2D eigenvalue weighted by atomic mass is 10.2. The topological polar surface area (TPSA) is 50.2 Å². The van der Waals surface area contributed by atoms with E-state index in [1.54, 1.807) is 16.0 Å². The number of amides is 1. The normalized spacial score (nSPS) is 14.5. The van der Waals surface area contributed by atoms with Crippen LogP contribution in [0.2, 0.25) is 0 Å². The monoisotopic (exact) mass is 380 g/mol. The standard InChI is InChI=1S/C21H24N4OS/c26-21(22-11-7-14-24-12-4-5-13-24)19-16-18(20-10-6-15-27-20)23-25(19)17-8-2-1-3-9-17/h1-3,6,8-10,15-16H,4-5,7,11-14H2,(H,22,26). The van der Waals surface area contributed by atoms with Crippen LogP contribution in [0.25, 0.3) is 16.3 Å². The summed E-state index contributed by atoms with van der Waals surface area (Å²) in [5.74, 6) is -0.0735. The van der Waals surface area contributed by atoms with Gasteiger partial charge in [0, 0.05) is 6.54 Å². The summed E-state index contributed by atoms with van der Waals surface area (Å²) in [6.07, 6.45) is 3.57. The summed E-state index contributed by atoms with van der Waals surface area (Å²) in [5.41, 5.74) is 2.30. The number of likely N-dealkylation sites (tertiary alicyclic amines) is 1. The molecule has 0 bridgehead atoms. The van der Waals surface area contributed by atoms with Gasteiger partial charge in [-0.1, -0.05) is 24.3 Å². The molecule has 1 amide bonds. The fourth-order valence-corrected chi connectivity index (χ4v) is 4.14. The number of para-hydroxylation sites is 1. The van der Waals surface area contributed by atoms with Crippen LogP contribution < -0.4 is 5.32 Å². The van der Waals surface area contributed by atoms with Gasteiger partial charge in [-0.2, -0.15) is 5.10 Å². The molecule has 0 aliphatic carbocycles. The second-order valence-corrected chi connectivity index (χ2v) is 7.75. The van der Waals surface area contributed by atoms with E-state index in [9.17, 15) is 4.79 Å². The fourth-order valence-electron chi connectivity index (χ4n) is 3.45. The highest BCUT2D eigenvalue weighted by Gasteiger charge is 2.18. The first kappa shape index (κ1) is 17.9. The number of hydrogen-bond acceptors (Lipinski definition) is 4. The highest BCUT2D eigenvalue weighted by molar-refractivity contribution is 7.13. The first-order valence-electron chi connectivity index (χ1n) is 9.51. The van der Waals surface area contributed by atoms with Gasteiger partial charge in [0.2, 0.25) is 0 Å². The quantitative estimate of drug-likeness (QED) is 0.634. The van der Waals surface area contributed by atoms with E-state index in [1.165, 1.54) is 25.9 Å². The van der Waals surface area contributed by atoms with Gasteiger partial charge in [-0.3, -0.25) is 4.79 Å². The molecule has 0 unspecified atom stereocenters. The van der Waals surface area contributed by atoms with Gasteiger partial charge in [-0.25, -0.2) is 4.68 Å². The molecular weight excluding hydrogens is 356 g/mol. The molecule has 4 rings (SSSR count). The lowest BCUT2D eigenvalue weighted by molar-refractivity contribution is 0.0944. The summed E-state index contributed by atoms with van der Waals surface area (Å²) in [7, 11) is 0. The molecule has 27 heavy (non-hydrogen) atoms. The van der Waals surface area contributed by atoms with Gasteiger partial charge in [0.25, 0.3) is 5.91 Å². The Labute approximate surface area is 163 Å². The summed E-state index contributed by atoms with van der Waals surface area (Å²) in [6, 6.07) is 15.7. The molecule has 140 valence electrons. The van der Waals surface area contributed by atoms with Crippen LogP contribution >= 0.6 is 11.3 Å². The minimum atomic E-state index is -0.0735. The number of carbonyl (C=O) groups is 1. The van der Waals surface area contributed by atoms with Gasteiger partial charge < -0.3 is 10.2 Å². The molecule has 0 radical (unpaired) electrons. The van der Waals surface area contributed by atoms with Crippen molar-refractivity contribution in [2.24, 2.45) is 0 Å². The van der Waals surface area contributed by atoms with Crippen LogP contribution in [-0.4, -0.2) is 46.8 Å². The van der Waals surface area contributed by atoms with Gasteiger partial charge in [-0.15, -0.1) is 11.3 Å². The molecule has 0 saturated carbocycles. The number of nitrogens with one attached hydrogen (secondary N) is 1. The molecule has 1 aliphatic rings. The number of rotatable bonds is 7. The van der Waals surface area contributed by atoms with Crippen molar-refractivity contribution in [2.45, 2.75) is 19.3 Å². The number of hydrogen-bond donors (Lipinski definition) is 1. The van der Waals surface area contributed by atoms with Crippen molar-refractivity contribution in [1.29, 1.82) is 0 Å². The summed E-state index contributed by atoms with van der Waals surface area (Å²) in [5, 5.41) is 9.78. The average molecular weight is 381 g/mol. The molecule has 0 atom stereocenters. The lowest BCUT2D eigenvalue weighted by Gasteiger charge is -2.14. The van der Waals surface area contributed by atoms with Crippen LogP contribution in [-0.2, 0) is 0 Å². The molecule has 0 spiro atoms. The average Bonchev–Trinajstić information content (AvgIpc) is 3.47. The number of thiophene rings is 1. The van der Waals surface area contributed by atoms with Crippen LogP contribution in [0.5, 0.6) is 0 Å². The second kappa shape index (κ2) is 8.50. The van der Waals surface area contributed by atoms with Crippen molar-refractivity contribution >= 4 is 17.2 Å². The maximum absolute atomic E-state index is 12.8. The third-order valence-corrected chi connectivity index (χ3v) is 5.74. The Hall–Kier alpha value is -2.44. The molecule has 3 aromatic rings. The first-order valence-corrected chi connectivity index (χ1v) is 10.4. The first-order chi connectivity index (χ1) is 13.3. The number of nitrogens with zero attached hydrogens (tertiary/aromatic N) is 3. The zero-order chi connectivity index (χ0) is 18.5. The van der Waals surface area contributed by atoms with E-state index in [0.717, 1.165) is 29.2 Å². The highest BCUT2D eigenvalue weighted by atomic mass is 32.1. The van der Waals surface area contributed by atoms with Crippen molar-refractivity contribution in [1.82, 2.24) is 20.0 Å². The van der Waals surface area contributed by atoms with E-state index in [4.69, 9.17) is 5.10 Å². The molecule has 2 aromatic heterocycles. The van der Waals surface area contributed by atoms with Crippen molar-refractivity contribution < 1.29 is 4.79 Å². The number of benzene rings is 1. The van der Waals surface area contributed by atoms with E-state index in [2.05, 4.69) is 10.2 Å². The number of aromatic nitrogens is 2. The van der Waals surface area contributed by atoms with E-state index in [-0.39, 0.29) is 5.91 Å². The van der Waals surface area contributed by atoms with E-state index in [1.807, 2.05) is 53.9 Å². The molecule has 6 heteroatoms. The Bertz CT molecular complexity index is 867. The highest BCUT2D eigenvalue weighted by Crippen LogP contribution is 2.25. The van der Waals surface area contributed by atoms with Gasteiger partial charge in [-0.05, 0) is 68.5 Å². The lowest BCUT2D eigenvalue weighted by Crippen LogP contribution is -2.30. The zero-order valence-electron chi connectivity index (χ0n) is 15.3. The van der Waals surface area contributed by atoms with E-state index in [0.29, 0.717) is 12.2 Å². The SMILES string of the molecule is O=C(NCCCN1CCCC1)c1cc(-c2cccs2)nn1-c1ccccc1.